The van der Waals surface area contributed by atoms with Gasteiger partial charge in [-0.2, -0.15) is 0 Å². The van der Waals surface area contributed by atoms with E-state index in [4.69, 9.17) is 10.2 Å². The van der Waals surface area contributed by atoms with Crippen LogP contribution in [0.25, 0.3) is 5.70 Å². The van der Waals surface area contributed by atoms with E-state index in [0.29, 0.717) is 17.8 Å². The lowest BCUT2D eigenvalue weighted by Gasteiger charge is -2.34. The molecular formula is C18H21NO. The average molecular weight is 267 g/mol. The zero-order chi connectivity index (χ0) is 14.3. The van der Waals surface area contributed by atoms with Crippen LogP contribution in [0.3, 0.4) is 0 Å². The third-order valence-electron chi connectivity index (χ3n) is 4.36. The van der Waals surface area contributed by atoms with Crippen molar-refractivity contribution in [3.8, 4) is 0 Å². The average Bonchev–Trinajstić information content (AvgIpc) is 2.89. The molecule has 1 aliphatic rings. The summed E-state index contributed by atoms with van der Waals surface area (Å²) in [5.74, 6) is 2.01. The van der Waals surface area contributed by atoms with Crippen molar-refractivity contribution < 1.29 is 4.42 Å². The summed E-state index contributed by atoms with van der Waals surface area (Å²) in [6, 6.07) is 12.7. The predicted molar refractivity (Wildman–Crippen MR) is 82.1 cm³/mol. The van der Waals surface area contributed by atoms with Gasteiger partial charge in [-0.1, -0.05) is 51.1 Å². The molecule has 0 spiro atoms. The van der Waals surface area contributed by atoms with Crippen LogP contribution in [-0.2, 0) is 0 Å². The Bertz CT molecular complexity index is 636. The molecule has 0 aliphatic heterocycles. The minimum atomic E-state index is 0.328. The van der Waals surface area contributed by atoms with Crippen molar-refractivity contribution in [2.75, 3.05) is 0 Å². The molecule has 20 heavy (non-hydrogen) atoms. The standard InChI is InChI=1S/C18H21NO/c1-11(2)15-12(3)16(13-7-5-4-6-8-13)14-9-10-20-18(14)17(15)19/h4-12,16H,19H2,1-3H3. The number of allylic oxidation sites excluding steroid dienone is 1. The molecule has 0 fully saturated rings. The van der Waals surface area contributed by atoms with E-state index in [1.165, 1.54) is 16.7 Å². The highest BCUT2D eigenvalue weighted by atomic mass is 16.3. The van der Waals surface area contributed by atoms with Gasteiger partial charge in [0.25, 0.3) is 0 Å². The highest BCUT2D eigenvalue weighted by molar-refractivity contribution is 5.70. The first kappa shape index (κ1) is 13.0. The Labute approximate surface area is 120 Å². The molecule has 0 saturated carbocycles. The van der Waals surface area contributed by atoms with Crippen LogP contribution in [-0.4, -0.2) is 0 Å². The molecule has 0 saturated heterocycles. The van der Waals surface area contributed by atoms with Gasteiger partial charge in [0, 0.05) is 11.5 Å². The second-order valence-corrected chi connectivity index (χ2v) is 5.91. The Morgan fingerprint density at radius 2 is 1.80 bits per heavy atom. The van der Waals surface area contributed by atoms with Crippen molar-refractivity contribution in [2.24, 2.45) is 17.6 Å². The molecule has 0 bridgehead atoms. The molecule has 1 aromatic carbocycles. The van der Waals surface area contributed by atoms with E-state index in [1.54, 1.807) is 6.26 Å². The monoisotopic (exact) mass is 267 g/mol. The van der Waals surface area contributed by atoms with E-state index in [1.807, 2.05) is 0 Å². The Morgan fingerprint density at radius 1 is 1.10 bits per heavy atom. The first-order valence-electron chi connectivity index (χ1n) is 7.23. The van der Waals surface area contributed by atoms with Gasteiger partial charge < -0.3 is 10.2 Å². The van der Waals surface area contributed by atoms with E-state index < -0.39 is 0 Å². The molecule has 104 valence electrons. The lowest BCUT2D eigenvalue weighted by molar-refractivity contribution is 0.486. The van der Waals surface area contributed by atoms with E-state index >= 15 is 0 Å². The summed E-state index contributed by atoms with van der Waals surface area (Å²) < 4.78 is 5.67. The molecule has 0 amide bonds. The van der Waals surface area contributed by atoms with Gasteiger partial charge >= 0.3 is 0 Å². The van der Waals surface area contributed by atoms with Crippen LogP contribution >= 0.6 is 0 Å². The number of nitrogens with two attached hydrogens (primary N) is 1. The smallest absolute Gasteiger partial charge is 0.153 e. The molecule has 1 aliphatic carbocycles. The highest BCUT2D eigenvalue weighted by Gasteiger charge is 2.35. The molecular weight excluding hydrogens is 246 g/mol. The van der Waals surface area contributed by atoms with E-state index in [-0.39, 0.29) is 0 Å². The van der Waals surface area contributed by atoms with Crippen LogP contribution in [0.1, 0.15) is 43.6 Å². The molecule has 1 heterocycles. The first-order chi connectivity index (χ1) is 9.61. The van der Waals surface area contributed by atoms with E-state index in [2.05, 4.69) is 57.2 Å². The van der Waals surface area contributed by atoms with Gasteiger partial charge in [0.05, 0.1) is 12.0 Å². The maximum Gasteiger partial charge on any atom is 0.153 e. The molecule has 2 aromatic rings. The van der Waals surface area contributed by atoms with E-state index in [0.717, 1.165) is 11.5 Å². The Balaban J connectivity index is 2.19. The number of furan rings is 1. The molecule has 2 atom stereocenters. The highest BCUT2D eigenvalue weighted by Crippen LogP contribution is 2.46. The lowest BCUT2D eigenvalue weighted by atomic mass is 9.70. The maximum atomic E-state index is 6.35. The third kappa shape index (κ3) is 1.87. The fraction of sp³-hybridized carbons (Fsp3) is 0.333. The number of benzene rings is 1. The SMILES string of the molecule is CC(C)C1=C(N)c2occc2C(c2ccccc2)C1C. The summed E-state index contributed by atoms with van der Waals surface area (Å²) in [4.78, 5) is 0. The summed E-state index contributed by atoms with van der Waals surface area (Å²) in [6.45, 7) is 6.68. The normalized spacial score (nSPS) is 22.2. The second-order valence-electron chi connectivity index (χ2n) is 5.91. The summed E-state index contributed by atoms with van der Waals surface area (Å²) >= 11 is 0. The van der Waals surface area contributed by atoms with Gasteiger partial charge in [-0.05, 0) is 29.0 Å². The summed E-state index contributed by atoms with van der Waals surface area (Å²) in [5.41, 5.74) is 11.0. The van der Waals surface area contributed by atoms with Gasteiger partial charge in [0.1, 0.15) is 0 Å². The lowest BCUT2D eigenvalue weighted by Crippen LogP contribution is -2.25. The van der Waals surface area contributed by atoms with Crippen LogP contribution in [0.2, 0.25) is 0 Å². The number of hydrogen-bond donors (Lipinski definition) is 1. The Morgan fingerprint density at radius 3 is 2.45 bits per heavy atom. The zero-order valence-electron chi connectivity index (χ0n) is 12.3. The van der Waals surface area contributed by atoms with E-state index in [9.17, 15) is 0 Å². The summed E-state index contributed by atoms with van der Waals surface area (Å²) in [5, 5.41) is 0. The van der Waals surface area contributed by atoms with Crippen molar-refractivity contribution in [1.29, 1.82) is 0 Å². The fourth-order valence-corrected chi connectivity index (χ4v) is 3.57. The Kier molecular flexibility index (Phi) is 3.17. The molecule has 2 unspecified atom stereocenters. The number of rotatable bonds is 2. The largest absolute Gasteiger partial charge is 0.463 e. The van der Waals surface area contributed by atoms with Gasteiger partial charge in [-0.3, -0.25) is 0 Å². The van der Waals surface area contributed by atoms with Crippen molar-refractivity contribution in [3.05, 3.63) is 65.1 Å². The van der Waals surface area contributed by atoms with Crippen LogP contribution in [0.15, 0.2) is 52.7 Å². The molecule has 2 nitrogen and oxygen atoms in total. The van der Waals surface area contributed by atoms with Gasteiger partial charge in [0.2, 0.25) is 0 Å². The number of fused-ring (bicyclic) bond motifs is 1. The molecule has 2 heteroatoms. The van der Waals surface area contributed by atoms with Gasteiger partial charge in [-0.15, -0.1) is 0 Å². The molecule has 3 rings (SSSR count). The minimum Gasteiger partial charge on any atom is -0.463 e. The van der Waals surface area contributed by atoms with Gasteiger partial charge in [0.15, 0.2) is 5.76 Å². The first-order valence-corrected chi connectivity index (χ1v) is 7.23. The van der Waals surface area contributed by atoms with Crippen molar-refractivity contribution in [1.82, 2.24) is 0 Å². The van der Waals surface area contributed by atoms with Gasteiger partial charge in [-0.25, -0.2) is 0 Å². The van der Waals surface area contributed by atoms with Crippen LogP contribution in [0.5, 0.6) is 0 Å². The second kappa shape index (κ2) is 4.86. The minimum absolute atomic E-state index is 0.328. The third-order valence-corrected chi connectivity index (χ3v) is 4.36. The Hall–Kier alpha value is -1.96. The zero-order valence-corrected chi connectivity index (χ0v) is 12.3. The van der Waals surface area contributed by atoms with Crippen LogP contribution in [0.4, 0.5) is 0 Å². The molecule has 0 radical (unpaired) electrons. The maximum absolute atomic E-state index is 6.35. The van der Waals surface area contributed by atoms with Crippen molar-refractivity contribution >= 4 is 5.70 Å². The molecule has 2 N–H and O–H groups in total. The van der Waals surface area contributed by atoms with Crippen LogP contribution < -0.4 is 5.73 Å². The van der Waals surface area contributed by atoms with Crippen molar-refractivity contribution in [3.63, 3.8) is 0 Å². The molecule has 1 aromatic heterocycles. The van der Waals surface area contributed by atoms with Crippen LogP contribution in [0, 0.1) is 11.8 Å². The van der Waals surface area contributed by atoms with Crippen molar-refractivity contribution in [2.45, 2.75) is 26.7 Å². The quantitative estimate of drug-likeness (QED) is 0.876. The topological polar surface area (TPSA) is 39.2 Å². The fourth-order valence-electron chi connectivity index (χ4n) is 3.57. The summed E-state index contributed by atoms with van der Waals surface area (Å²) in [6.07, 6.45) is 1.75. The summed E-state index contributed by atoms with van der Waals surface area (Å²) in [7, 11) is 0. The predicted octanol–water partition coefficient (Wildman–Crippen LogP) is 4.39. The number of hydrogen-bond acceptors (Lipinski definition) is 2.